The first kappa shape index (κ1) is 37.5. The average molecular weight is 565 g/mol. The van der Waals surface area contributed by atoms with E-state index in [4.69, 9.17) is 20.0 Å². The third-order valence-corrected chi connectivity index (χ3v) is 6.78. The molecule has 0 unspecified atom stereocenters. The fourth-order valence-electron chi connectivity index (χ4n) is 3.95. The Morgan fingerprint density at radius 1 is 0.425 bits per heavy atom. The van der Waals surface area contributed by atoms with E-state index >= 15 is 0 Å². The van der Waals surface area contributed by atoms with Crippen molar-refractivity contribution in [2.45, 2.75) is 107 Å². The van der Waals surface area contributed by atoms with Gasteiger partial charge in [-0.2, -0.15) is 0 Å². The quantitative estimate of drug-likeness (QED) is 0.0783. The molecule has 0 radical (unpaired) electrons. The standard InChI is InChI=1S/C30H64N10/c1-9-25(10-2)23-37-29(33-15-7)39-27(31-13-5)35-21-19-17-18-20-22-36-28(32-14-6)40-30(34-16-8)38-24-26(11-3)12-4/h25-26H,9-24H2,1-8H3,(H3,31,33,35,37,39)(H3,32,34,36,38,40). The molecular weight excluding hydrogens is 500 g/mol. The van der Waals surface area contributed by atoms with Gasteiger partial charge in [0.05, 0.1) is 0 Å². The fourth-order valence-corrected chi connectivity index (χ4v) is 3.95. The van der Waals surface area contributed by atoms with Crippen LogP contribution in [-0.4, -0.2) is 76.2 Å². The molecule has 234 valence electrons. The molecule has 0 atom stereocenters. The van der Waals surface area contributed by atoms with Gasteiger partial charge >= 0.3 is 0 Å². The van der Waals surface area contributed by atoms with Crippen molar-refractivity contribution in [2.75, 3.05) is 52.4 Å². The van der Waals surface area contributed by atoms with Crippen LogP contribution in [0.15, 0.2) is 20.0 Å². The first-order valence-electron chi connectivity index (χ1n) is 16.2. The van der Waals surface area contributed by atoms with Crippen molar-refractivity contribution in [1.82, 2.24) is 31.9 Å². The molecule has 0 rings (SSSR count). The summed E-state index contributed by atoms with van der Waals surface area (Å²) in [6.07, 6.45) is 8.95. The molecule has 0 saturated carbocycles. The summed E-state index contributed by atoms with van der Waals surface area (Å²) in [6.45, 7) is 23.8. The number of rotatable bonds is 19. The summed E-state index contributed by atoms with van der Waals surface area (Å²) >= 11 is 0. The highest BCUT2D eigenvalue weighted by atomic mass is 15.3. The minimum atomic E-state index is 0.617. The molecule has 0 aromatic rings. The van der Waals surface area contributed by atoms with Crippen LogP contribution in [0.2, 0.25) is 0 Å². The summed E-state index contributed by atoms with van der Waals surface area (Å²) in [5, 5.41) is 20.1. The molecule has 40 heavy (non-hydrogen) atoms. The van der Waals surface area contributed by atoms with Gasteiger partial charge < -0.3 is 21.3 Å². The van der Waals surface area contributed by atoms with Crippen LogP contribution in [0.25, 0.3) is 0 Å². The zero-order chi connectivity index (χ0) is 29.8. The van der Waals surface area contributed by atoms with Gasteiger partial charge in [-0.25, -0.2) is 0 Å². The van der Waals surface area contributed by atoms with Crippen LogP contribution in [0.5, 0.6) is 0 Å². The summed E-state index contributed by atoms with van der Waals surface area (Å²) in [7, 11) is 0. The molecule has 0 aliphatic carbocycles. The lowest BCUT2D eigenvalue weighted by Gasteiger charge is -2.16. The van der Waals surface area contributed by atoms with Gasteiger partial charge in [0, 0.05) is 52.4 Å². The van der Waals surface area contributed by atoms with E-state index < -0.39 is 0 Å². The molecule has 0 aliphatic heterocycles. The van der Waals surface area contributed by atoms with E-state index in [0.29, 0.717) is 11.8 Å². The first-order chi connectivity index (χ1) is 19.5. The molecule has 0 aromatic carbocycles. The minimum Gasteiger partial charge on any atom is -0.356 e. The first-order valence-corrected chi connectivity index (χ1v) is 16.2. The molecule has 0 saturated heterocycles. The van der Waals surface area contributed by atoms with Gasteiger partial charge in [0.2, 0.25) is 0 Å². The van der Waals surface area contributed by atoms with Gasteiger partial charge in [-0.15, -0.1) is 0 Å². The van der Waals surface area contributed by atoms with Crippen molar-refractivity contribution in [3.8, 4) is 0 Å². The Morgan fingerprint density at radius 2 is 0.725 bits per heavy atom. The van der Waals surface area contributed by atoms with E-state index in [0.717, 1.165) is 128 Å². The van der Waals surface area contributed by atoms with Crippen LogP contribution >= 0.6 is 0 Å². The summed E-state index contributed by atoms with van der Waals surface area (Å²) in [6, 6.07) is 0. The monoisotopic (exact) mass is 565 g/mol. The minimum absolute atomic E-state index is 0.617. The molecule has 0 aromatic heterocycles. The topological polar surface area (TPSA) is 122 Å². The highest BCUT2D eigenvalue weighted by Crippen LogP contribution is 2.08. The van der Waals surface area contributed by atoms with Gasteiger partial charge in [-0.3, -0.25) is 30.6 Å². The van der Waals surface area contributed by atoms with E-state index in [1.807, 2.05) is 0 Å². The van der Waals surface area contributed by atoms with Gasteiger partial charge in [0.25, 0.3) is 0 Å². The fraction of sp³-hybridized carbons (Fsp3) is 0.867. The van der Waals surface area contributed by atoms with Gasteiger partial charge in [-0.05, 0) is 52.4 Å². The Morgan fingerprint density at radius 3 is 1.00 bits per heavy atom. The Hall–Kier alpha value is -2.52. The van der Waals surface area contributed by atoms with Crippen LogP contribution in [0, 0.1) is 11.8 Å². The molecule has 10 heteroatoms. The van der Waals surface area contributed by atoms with Crippen LogP contribution in [0.1, 0.15) is 107 Å². The molecule has 6 N–H and O–H groups in total. The molecule has 10 nitrogen and oxygen atoms in total. The van der Waals surface area contributed by atoms with Crippen LogP contribution in [0.3, 0.4) is 0 Å². The smallest absolute Gasteiger partial charge is 0.198 e. The Balaban J connectivity index is 4.74. The number of aliphatic imine (C=N–C) groups is 4. The average Bonchev–Trinajstić information content (AvgIpc) is 2.95. The second-order valence-electron chi connectivity index (χ2n) is 9.99. The number of guanidine groups is 4. The predicted octanol–water partition coefficient (Wildman–Crippen LogP) is 4.46. The Kier molecular flexibility index (Phi) is 25.0. The summed E-state index contributed by atoms with van der Waals surface area (Å²) < 4.78 is 0. The maximum absolute atomic E-state index is 4.78. The van der Waals surface area contributed by atoms with E-state index in [1.54, 1.807) is 0 Å². The molecular formula is C30H64N10. The Labute approximate surface area is 246 Å². The largest absolute Gasteiger partial charge is 0.356 e. The maximum atomic E-state index is 4.78. The SMILES string of the molecule is CCNC(=NCCCCCCN=C(NCC)NC(=NCC(CC)CC)NCC)NC(=NCC(CC)CC)NCC. The van der Waals surface area contributed by atoms with Gasteiger partial charge in [0.1, 0.15) is 0 Å². The van der Waals surface area contributed by atoms with Crippen molar-refractivity contribution < 1.29 is 0 Å². The van der Waals surface area contributed by atoms with Crippen molar-refractivity contribution in [2.24, 2.45) is 31.8 Å². The lowest BCUT2D eigenvalue weighted by molar-refractivity contribution is 0.504. The number of nitrogens with one attached hydrogen (secondary N) is 6. The van der Waals surface area contributed by atoms with Crippen molar-refractivity contribution in [3.05, 3.63) is 0 Å². The molecule has 0 amide bonds. The number of unbranched alkanes of at least 4 members (excludes halogenated alkanes) is 3. The van der Waals surface area contributed by atoms with Crippen LogP contribution < -0.4 is 31.9 Å². The third kappa shape index (κ3) is 19.5. The molecule has 0 fully saturated rings. The lowest BCUT2D eigenvalue weighted by Crippen LogP contribution is -2.47. The number of hydrogen-bond donors (Lipinski definition) is 6. The highest BCUT2D eigenvalue weighted by molar-refractivity contribution is 5.99. The van der Waals surface area contributed by atoms with Gasteiger partial charge in [-0.1, -0.05) is 66.2 Å². The molecule has 0 spiro atoms. The van der Waals surface area contributed by atoms with Crippen molar-refractivity contribution in [1.29, 1.82) is 0 Å². The van der Waals surface area contributed by atoms with E-state index in [-0.39, 0.29) is 0 Å². The second-order valence-corrected chi connectivity index (χ2v) is 9.99. The zero-order valence-corrected chi connectivity index (χ0v) is 27.3. The summed E-state index contributed by atoms with van der Waals surface area (Å²) in [4.78, 5) is 19.1. The lowest BCUT2D eigenvalue weighted by atomic mass is 10.0. The summed E-state index contributed by atoms with van der Waals surface area (Å²) in [5.41, 5.74) is 0. The molecule has 0 bridgehead atoms. The predicted molar refractivity (Wildman–Crippen MR) is 177 cm³/mol. The van der Waals surface area contributed by atoms with Crippen LogP contribution in [-0.2, 0) is 0 Å². The van der Waals surface area contributed by atoms with Crippen LogP contribution in [0.4, 0.5) is 0 Å². The highest BCUT2D eigenvalue weighted by Gasteiger charge is 2.07. The Bertz CT molecular complexity index is 649. The molecule has 0 heterocycles. The van der Waals surface area contributed by atoms with Crippen molar-refractivity contribution >= 4 is 23.8 Å². The maximum Gasteiger partial charge on any atom is 0.198 e. The van der Waals surface area contributed by atoms with E-state index in [2.05, 4.69) is 87.3 Å². The number of hydrogen-bond acceptors (Lipinski definition) is 4. The normalized spacial score (nSPS) is 13.2. The summed E-state index contributed by atoms with van der Waals surface area (Å²) in [5.74, 6) is 4.42. The zero-order valence-electron chi connectivity index (χ0n) is 27.3. The second kappa shape index (κ2) is 26.7. The number of nitrogens with zero attached hydrogens (tertiary/aromatic N) is 4. The van der Waals surface area contributed by atoms with E-state index in [1.165, 1.54) is 0 Å². The third-order valence-electron chi connectivity index (χ3n) is 6.78. The molecule has 0 aliphatic rings. The van der Waals surface area contributed by atoms with E-state index in [9.17, 15) is 0 Å². The van der Waals surface area contributed by atoms with Gasteiger partial charge in [0.15, 0.2) is 23.8 Å². The van der Waals surface area contributed by atoms with Crippen molar-refractivity contribution in [3.63, 3.8) is 0 Å².